The monoisotopic (exact) mass is 508 g/mol. The Morgan fingerprint density at radius 3 is 1.67 bits per heavy atom. The van der Waals surface area contributed by atoms with Crippen molar-refractivity contribution in [2.24, 2.45) is 11.8 Å². The quantitative estimate of drug-likeness (QED) is 0.212. The van der Waals surface area contributed by atoms with Crippen molar-refractivity contribution in [3.05, 3.63) is 118 Å². The van der Waals surface area contributed by atoms with E-state index in [1.54, 1.807) is 0 Å². The van der Waals surface area contributed by atoms with Crippen molar-refractivity contribution in [3.8, 4) is 0 Å². The van der Waals surface area contributed by atoms with Gasteiger partial charge in [-0.15, -0.1) is 0 Å². The first-order chi connectivity index (χ1) is 14.8. The lowest BCUT2D eigenvalue weighted by molar-refractivity contribution is -0.0303. The summed E-state index contributed by atoms with van der Waals surface area (Å²) in [6, 6.07) is 32.0. The number of benzene rings is 3. The molecule has 3 atom stereocenters. The number of hydrogen-bond donors (Lipinski definition) is 0. The molecule has 1 aliphatic carbocycles. The summed E-state index contributed by atoms with van der Waals surface area (Å²) in [4.78, 5) is 0. The maximum Gasteiger partial charge on any atom is 0.144 e. The van der Waals surface area contributed by atoms with Gasteiger partial charge in [0.15, 0.2) is 0 Å². The lowest BCUT2D eigenvalue weighted by atomic mass is 9.79. The maximum absolute atomic E-state index is 7.19. The molecule has 0 radical (unpaired) electrons. The molecule has 3 aromatic rings. The van der Waals surface area contributed by atoms with Crippen molar-refractivity contribution in [2.45, 2.75) is 37.9 Å². The topological polar surface area (TPSA) is 9.23 Å². The molecular formula is C28H29IO. The van der Waals surface area contributed by atoms with Gasteiger partial charge < -0.3 is 4.74 Å². The van der Waals surface area contributed by atoms with Gasteiger partial charge in [-0.05, 0) is 51.5 Å². The number of ether oxygens (including phenoxy) is 1. The van der Waals surface area contributed by atoms with Crippen LogP contribution in [0.3, 0.4) is 0 Å². The average molecular weight is 508 g/mol. The van der Waals surface area contributed by atoms with E-state index in [2.05, 4.69) is 131 Å². The van der Waals surface area contributed by atoms with Crippen LogP contribution in [0.15, 0.2) is 101 Å². The zero-order valence-corrected chi connectivity index (χ0v) is 19.6. The fraction of sp³-hybridized carbons (Fsp3) is 0.286. The molecular weight excluding hydrogens is 479 g/mol. The van der Waals surface area contributed by atoms with Crippen LogP contribution in [0.4, 0.5) is 0 Å². The van der Waals surface area contributed by atoms with E-state index in [-0.39, 0.29) is 6.10 Å². The Bertz CT molecular complexity index is 839. The van der Waals surface area contributed by atoms with Crippen LogP contribution in [0.25, 0.3) is 0 Å². The standard InChI is InChI=1S/C28H29IO/c1-2-22-20-23(22)21-27(18-19-29)30-28(24-12-6-3-7-13-24,25-14-8-4-9-15-25)26-16-10-5-11-17-26/h3-19,22-23,27H,2,20-21H2,1H3/b19-18-. The molecule has 0 saturated heterocycles. The summed E-state index contributed by atoms with van der Waals surface area (Å²) in [5.41, 5.74) is 2.84. The molecule has 1 nitrogen and oxygen atoms in total. The second-order valence-electron chi connectivity index (χ2n) is 8.15. The lowest BCUT2D eigenvalue weighted by Crippen LogP contribution is -2.36. The molecule has 1 fully saturated rings. The predicted molar refractivity (Wildman–Crippen MR) is 134 cm³/mol. The van der Waals surface area contributed by atoms with Crippen LogP contribution in [0.2, 0.25) is 0 Å². The van der Waals surface area contributed by atoms with Gasteiger partial charge in [0.2, 0.25) is 0 Å². The van der Waals surface area contributed by atoms with E-state index in [1.807, 2.05) is 0 Å². The van der Waals surface area contributed by atoms with Gasteiger partial charge in [-0.1, -0.05) is 127 Å². The summed E-state index contributed by atoms with van der Waals surface area (Å²) in [5.74, 6) is 1.63. The Kier molecular flexibility index (Phi) is 7.06. The lowest BCUT2D eigenvalue weighted by Gasteiger charge is -2.38. The van der Waals surface area contributed by atoms with E-state index >= 15 is 0 Å². The highest BCUT2D eigenvalue weighted by atomic mass is 127. The van der Waals surface area contributed by atoms with Crippen LogP contribution in [0, 0.1) is 11.8 Å². The normalized spacial score (nSPS) is 19.7. The highest BCUT2D eigenvalue weighted by molar-refractivity contribution is 14.1. The molecule has 30 heavy (non-hydrogen) atoms. The Labute approximate surface area is 194 Å². The van der Waals surface area contributed by atoms with Crippen molar-refractivity contribution in [3.63, 3.8) is 0 Å². The van der Waals surface area contributed by atoms with Crippen LogP contribution in [-0.4, -0.2) is 6.10 Å². The minimum absolute atomic E-state index is 0.0593. The van der Waals surface area contributed by atoms with E-state index in [1.165, 1.54) is 12.8 Å². The van der Waals surface area contributed by atoms with Gasteiger partial charge in [0.05, 0.1) is 6.10 Å². The summed E-state index contributed by atoms with van der Waals surface area (Å²) in [5, 5.41) is 0. The van der Waals surface area contributed by atoms with E-state index in [4.69, 9.17) is 4.74 Å². The first-order valence-corrected chi connectivity index (χ1v) is 12.1. The second kappa shape index (κ2) is 9.93. The summed E-state index contributed by atoms with van der Waals surface area (Å²) in [6.45, 7) is 2.30. The van der Waals surface area contributed by atoms with Gasteiger partial charge >= 0.3 is 0 Å². The number of rotatable bonds is 9. The zero-order valence-electron chi connectivity index (χ0n) is 17.5. The second-order valence-corrected chi connectivity index (χ2v) is 8.87. The molecule has 0 aromatic heterocycles. The van der Waals surface area contributed by atoms with Gasteiger partial charge in [0.1, 0.15) is 5.60 Å². The van der Waals surface area contributed by atoms with Gasteiger partial charge in [-0.3, -0.25) is 0 Å². The molecule has 0 spiro atoms. The number of hydrogen-bond acceptors (Lipinski definition) is 1. The SMILES string of the molecule is CCC1CC1CC(/C=C\I)OC(c1ccccc1)(c1ccccc1)c1ccccc1. The summed E-state index contributed by atoms with van der Waals surface area (Å²) in [6.07, 6.45) is 5.97. The third kappa shape index (κ3) is 4.55. The largest absolute Gasteiger partial charge is 0.354 e. The molecule has 0 bridgehead atoms. The van der Waals surface area contributed by atoms with Crippen molar-refractivity contribution < 1.29 is 4.74 Å². The Morgan fingerprint density at radius 2 is 1.30 bits per heavy atom. The summed E-state index contributed by atoms with van der Waals surface area (Å²) >= 11 is 2.32. The van der Waals surface area contributed by atoms with Crippen molar-refractivity contribution in [2.75, 3.05) is 0 Å². The zero-order chi connectivity index (χ0) is 20.8. The molecule has 0 aliphatic heterocycles. The average Bonchev–Trinajstić information content (AvgIpc) is 3.57. The first-order valence-electron chi connectivity index (χ1n) is 10.9. The molecule has 0 amide bonds. The fourth-order valence-corrected chi connectivity index (χ4v) is 5.06. The Morgan fingerprint density at radius 1 is 0.833 bits per heavy atom. The van der Waals surface area contributed by atoms with Crippen molar-refractivity contribution >= 4 is 22.6 Å². The third-order valence-corrected chi connectivity index (χ3v) is 6.70. The molecule has 3 aromatic carbocycles. The fourth-order valence-electron chi connectivity index (χ4n) is 4.59. The van der Waals surface area contributed by atoms with Gasteiger partial charge in [-0.25, -0.2) is 0 Å². The minimum Gasteiger partial charge on any atom is -0.354 e. The molecule has 3 unspecified atom stereocenters. The molecule has 1 saturated carbocycles. The molecule has 4 rings (SSSR count). The number of halogens is 1. The maximum atomic E-state index is 7.19. The predicted octanol–water partition coefficient (Wildman–Crippen LogP) is 7.75. The first kappa shape index (κ1) is 21.3. The molecule has 0 N–H and O–H groups in total. The van der Waals surface area contributed by atoms with Crippen molar-refractivity contribution in [1.29, 1.82) is 0 Å². The summed E-state index contributed by atoms with van der Waals surface area (Å²) in [7, 11) is 0. The van der Waals surface area contributed by atoms with Gasteiger partial charge in [0, 0.05) is 0 Å². The highest BCUT2D eigenvalue weighted by Crippen LogP contribution is 2.47. The Hall–Kier alpha value is -1.91. The van der Waals surface area contributed by atoms with Crippen LogP contribution < -0.4 is 0 Å². The summed E-state index contributed by atoms with van der Waals surface area (Å²) < 4.78 is 9.30. The molecule has 1 aliphatic rings. The molecule has 0 heterocycles. The van der Waals surface area contributed by atoms with Gasteiger partial charge in [0.25, 0.3) is 0 Å². The van der Waals surface area contributed by atoms with E-state index in [0.717, 1.165) is 34.9 Å². The minimum atomic E-state index is -0.652. The van der Waals surface area contributed by atoms with Crippen molar-refractivity contribution in [1.82, 2.24) is 0 Å². The smallest absolute Gasteiger partial charge is 0.144 e. The van der Waals surface area contributed by atoms with Crippen LogP contribution >= 0.6 is 22.6 Å². The van der Waals surface area contributed by atoms with Gasteiger partial charge in [-0.2, -0.15) is 0 Å². The third-order valence-electron chi connectivity index (χ3n) is 6.28. The van der Waals surface area contributed by atoms with E-state index in [9.17, 15) is 0 Å². The molecule has 154 valence electrons. The highest BCUT2D eigenvalue weighted by Gasteiger charge is 2.42. The Balaban J connectivity index is 1.83. The van der Waals surface area contributed by atoms with E-state index < -0.39 is 5.60 Å². The van der Waals surface area contributed by atoms with Crippen LogP contribution in [0.1, 0.15) is 42.9 Å². The van der Waals surface area contributed by atoms with Crippen LogP contribution in [0.5, 0.6) is 0 Å². The molecule has 2 heteroatoms. The van der Waals surface area contributed by atoms with E-state index in [0.29, 0.717) is 0 Å². The van der Waals surface area contributed by atoms with Crippen LogP contribution in [-0.2, 0) is 10.3 Å².